The van der Waals surface area contributed by atoms with Gasteiger partial charge in [0.2, 0.25) is 0 Å². The molecule has 1 aromatic rings. The number of hydrogen-bond acceptors (Lipinski definition) is 3. The van der Waals surface area contributed by atoms with Crippen molar-refractivity contribution in [3.05, 3.63) is 35.4 Å². The second kappa shape index (κ2) is 5.95. The summed E-state index contributed by atoms with van der Waals surface area (Å²) in [4.78, 5) is 11.7. The Morgan fingerprint density at radius 1 is 1.56 bits per heavy atom. The summed E-state index contributed by atoms with van der Waals surface area (Å²) < 4.78 is 26.2. The van der Waals surface area contributed by atoms with E-state index in [-0.39, 0.29) is 5.84 Å². The third-order valence-corrected chi connectivity index (χ3v) is 2.36. The van der Waals surface area contributed by atoms with Gasteiger partial charge in [-0.3, -0.25) is 4.79 Å². The lowest BCUT2D eigenvalue weighted by molar-refractivity contribution is 0.0941. The molecule has 0 saturated carbocycles. The maximum absolute atomic E-state index is 13.3. The Balaban J connectivity index is 2.91. The van der Waals surface area contributed by atoms with Crippen LogP contribution in [-0.4, -0.2) is 23.0 Å². The van der Waals surface area contributed by atoms with Crippen LogP contribution < -0.4 is 11.1 Å². The molecule has 1 aromatic carbocycles. The minimum atomic E-state index is -0.844. The molecule has 0 aliphatic carbocycles. The van der Waals surface area contributed by atoms with Crippen LogP contribution >= 0.6 is 0 Å². The fourth-order valence-corrected chi connectivity index (χ4v) is 1.36. The minimum absolute atomic E-state index is 0.206. The molecule has 5 nitrogen and oxygen atoms in total. The summed E-state index contributed by atoms with van der Waals surface area (Å²) in [5.41, 5.74) is 4.91. The highest BCUT2D eigenvalue weighted by Gasteiger charge is 2.18. The quantitative estimate of drug-likeness (QED) is 0.328. The van der Waals surface area contributed by atoms with Crippen LogP contribution in [0.5, 0.6) is 0 Å². The maximum atomic E-state index is 13.3. The van der Waals surface area contributed by atoms with Crippen LogP contribution in [0.4, 0.5) is 8.78 Å². The Bertz CT molecular complexity index is 477. The molecule has 0 spiro atoms. The van der Waals surface area contributed by atoms with Gasteiger partial charge in [0.15, 0.2) is 5.84 Å². The number of hydrogen-bond donors (Lipinski definition) is 3. The lowest BCUT2D eigenvalue weighted by atomic mass is 10.1. The molecule has 1 atom stereocenters. The summed E-state index contributed by atoms with van der Waals surface area (Å²) in [5, 5.41) is 13.6. The molecule has 7 heteroatoms. The number of oxime groups is 1. The number of rotatable bonds is 4. The molecule has 18 heavy (non-hydrogen) atoms. The van der Waals surface area contributed by atoms with E-state index in [4.69, 9.17) is 10.9 Å². The Kier molecular flexibility index (Phi) is 4.59. The van der Waals surface area contributed by atoms with Crippen LogP contribution in [0.2, 0.25) is 0 Å². The number of nitrogens with two attached hydrogens (primary N) is 1. The van der Waals surface area contributed by atoms with Crippen molar-refractivity contribution < 1.29 is 18.8 Å². The fourth-order valence-electron chi connectivity index (χ4n) is 1.36. The molecular formula is C11H13F2N3O2. The van der Waals surface area contributed by atoms with E-state index >= 15 is 0 Å². The summed E-state index contributed by atoms with van der Waals surface area (Å²) in [5.74, 6) is -2.60. The molecular weight excluding hydrogens is 244 g/mol. The van der Waals surface area contributed by atoms with Crippen LogP contribution in [-0.2, 0) is 0 Å². The van der Waals surface area contributed by atoms with Crippen molar-refractivity contribution in [3.8, 4) is 0 Å². The summed E-state index contributed by atoms with van der Waals surface area (Å²) in [7, 11) is 0. The van der Waals surface area contributed by atoms with Gasteiger partial charge < -0.3 is 16.3 Å². The van der Waals surface area contributed by atoms with Gasteiger partial charge in [0, 0.05) is 0 Å². The molecule has 0 radical (unpaired) electrons. The molecule has 0 fully saturated rings. The van der Waals surface area contributed by atoms with Crippen LogP contribution in [0, 0.1) is 11.6 Å². The number of halogens is 2. The number of carbonyl (C=O) groups is 1. The van der Waals surface area contributed by atoms with Crippen molar-refractivity contribution in [2.75, 3.05) is 0 Å². The van der Waals surface area contributed by atoms with Crippen LogP contribution in [0.15, 0.2) is 23.4 Å². The highest BCUT2D eigenvalue weighted by molar-refractivity contribution is 5.98. The monoisotopic (exact) mass is 257 g/mol. The lowest BCUT2D eigenvalue weighted by Gasteiger charge is -2.15. The summed E-state index contributed by atoms with van der Waals surface area (Å²) >= 11 is 0. The van der Waals surface area contributed by atoms with E-state index in [2.05, 4.69) is 10.5 Å². The highest BCUT2D eigenvalue weighted by atomic mass is 19.1. The van der Waals surface area contributed by atoms with Crippen molar-refractivity contribution in [1.29, 1.82) is 0 Å². The van der Waals surface area contributed by atoms with Crippen molar-refractivity contribution >= 4 is 11.7 Å². The SMILES string of the molecule is CCC(NC(=O)c1cc(F)ccc1F)/C(N)=N/O. The topological polar surface area (TPSA) is 87.7 Å². The molecule has 1 amide bonds. The van der Waals surface area contributed by atoms with Gasteiger partial charge in [0.25, 0.3) is 5.91 Å². The van der Waals surface area contributed by atoms with Crippen molar-refractivity contribution in [3.63, 3.8) is 0 Å². The number of nitrogens with one attached hydrogen (secondary N) is 1. The summed E-state index contributed by atoms with van der Waals surface area (Å²) in [6.45, 7) is 1.69. The number of nitrogens with zero attached hydrogens (tertiary/aromatic N) is 1. The summed E-state index contributed by atoms with van der Waals surface area (Å²) in [6.07, 6.45) is 0.346. The van der Waals surface area contributed by atoms with E-state index in [9.17, 15) is 13.6 Å². The molecule has 0 heterocycles. The Labute approximate surface area is 102 Å². The average Bonchev–Trinajstić information content (AvgIpc) is 2.37. The zero-order chi connectivity index (χ0) is 13.7. The number of carbonyl (C=O) groups excluding carboxylic acids is 1. The largest absolute Gasteiger partial charge is 0.409 e. The second-order valence-corrected chi connectivity index (χ2v) is 3.58. The fraction of sp³-hybridized carbons (Fsp3) is 0.273. The molecule has 1 rings (SSSR count). The van der Waals surface area contributed by atoms with E-state index in [1.807, 2.05) is 0 Å². The van der Waals surface area contributed by atoms with Crippen molar-refractivity contribution in [2.24, 2.45) is 10.9 Å². The van der Waals surface area contributed by atoms with Crippen molar-refractivity contribution in [2.45, 2.75) is 19.4 Å². The highest BCUT2D eigenvalue weighted by Crippen LogP contribution is 2.10. The lowest BCUT2D eigenvalue weighted by Crippen LogP contribution is -2.44. The third kappa shape index (κ3) is 3.16. The first kappa shape index (κ1) is 13.9. The Morgan fingerprint density at radius 2 is 2.22 bits per heavy atom. The molecule has 0 aliphatic rings. The van der Waals surface area contributed by atoms with Crippen molar-refractivity contribution in [1.82, 2.24) is 5.32 Å². The first-order valence-corrected chi connectivity index (χ1v) is 5.23. The maximum Gasteiger partial charge on any atom is 0.254 e. The first-order valence-electron chi connectivity index (χ1n) is 5.23. The van der Waals surface area contributed by atoms with Gasteiger partial charge in [-0.05, 0) is 24.6 Å². The molecule has 1 unspecified atom stereocenters. The van der Waals surface area contributed by atoms with Gasteiger partial charge >= 0.3 is 0 Å². The molecule has 4 N–H and O–H groups in total. The van der Waals surface area contributed by atoms with Gasteiger partial charge in [0.1, 0.15) is 11.6 Å². The van der Waals surface area contributed by atoms with Crippen LogP contribution in [0.3, 0.4) is 0 Å². The van der Waals surface area contributed by atoms with E-state index in [0.717, 1.165) is 18.2 Å². The number of amidine groups is 1. The minimum Gasteiger partial charge on any atom is -0.409 e. The first-order chi connectivity index (χ1) is 8.49. The molecule has 0 saturated heterocycles. The smallest absolute Gasteiger partial charge is 0.254 e. The molecule has 98 valence electrons. The van der Waals surface area contributed by atoms with Gasteiger partial charge in [-0.2, -0.15) is 0 Å². The Morgan fingerprint density at radius 3 is 2.78 bits per heavy atom. The van der Waals surface area contributed by atoms with E-state index in [1.165, 1.54) is 0 Å². The van der Waals surface area contributed by atoms with Gasteiger partial charge in [-0.15, -0.1) is 0 Å². The predicted molar refractivity (Wildman–Crippen MR) is 61.3 cm³/mol. The predicted octanol–water partition coefficient (Wildman–Crippen LogP) is 1.22. The summed E-state index contributed by atoms with van der Waals surface area (Å²) in [6, 6.07) is 1.80. The molecule has 0 bridgehead atoms. The van der Waals surface area contributed by atoms with Gasteiger partial charge in [-0.1, -0.05) is 12.1 Å². The van der Waals surface area contributed by atoms with E-state index in [1.54, 1.807) is 6.92 Å². The van der Waals surface area contributed by atoms with Crippen LogP contribution in [0.1, 0.15) is 23.7 Å². The normalized spacial score (nSPS) is 13.2. The van der Waals surface area contributed by atoms with E-state index < -0.39 is 29.1 Å². The number of benzene rings is 1. The standard InChI is InChI=1S/C11H13F2N3O2/c1-2-9(10(14)16-18)15-11(17)7-5-6(12)3-4-8(7)13/h3-5,9,18H,2H2,1H3,(H2,14,16)(H,15,17). The Hall–Kier alpha value is -2.18. The third-order valence-electron chi connectivity index (χ3n) is 2.36. The second-order valence-electron chi connectivity index (χ2n) is 3.58. The number of amides is 1. The zero-order valence-electron chi connectivity index (χ0n) is 9.65. The zero-order valence-corrected chi connectivity index (χ0v) is 9.65. The van der Waals surface area contributed by atoms with E-state index in [0.29, 0.717) is 6.42 Å². The average molecular weight is 257 g/mol. The molecule has 0 aromatic heterocycles. The van der Waals surface area contributed by atoms with Gasteiger partial charge in [0.05, 0.1) is 11.6 Å². The van der Waals surface area contributed by atoms with Gasteiger partial charge in [-0.25, -0.2) is 8.78 Å². The van der Waals surface area contributed by atoms with Crippen LogP contribution in [0.25, 0.3) is 0 Å². The molecule has 0 aliphatic heterocycles.